The van der Waals surface area contributed by atoms with Crippen molar-refractivity contribution in [2.45, 2.75) is 31.2 Å². The molecule has 0 unspecified atom stereocenters. The maximum atomic E-state index is 12.6. The summed E-state index contributed by atoms with van der Waals surface area (Å²) in [5.74, 6) is 0.767. The molecule has 1 N–H and O–H groups in total. The molecule has 26 heavy (non-hydrogen) atoms. The number of carbonyl (C=O) groups excluding carboxylic acids is 1. The number of benzene rings is 1. The number of methoxy groups -OCH3 is 2. The van der Waals surface area contributed by atoms with Gasteiger partial charge in [0.2, 0.25) is 15.9 Å². The van der Waals surface area contributed by atoms with Crippen molar-refractivity contribution in [3.63, 3.8) is 0 Å². The van der Waals surface area contributed by atoms with E-state index in [0.29, 0.717) is 45.4 Å². The molecule has 1 aromatic rings. The van der Waals surface area contributed by atoms with Gasteiger partial charge >= 0.3 is 0 Å². The summed E-state index contributed by atoms with van der Waals surface area (Å²) in [6, 6.07) is 7.47. The lowest BCUT2D eigenvalue weighted by Crippen LogP contribution is -2.56. The maximum Gasteiger partial charge on any atom is 0.226 e. The van der Waals surface area contributed by atoms with Gasteiger partial charge in [-0.3, -0.25) is 4.79 Å². The Kier molecular flexibility index (Phi) is 7.02. The average molecular weight is 384 g/mol. The second-order valence-electron chi connectivity index (χ2n) is 6.81. The number of piperidine rings is 1. The number of nitrogens with one attached hydrogen (secondary N) is 1. The number of carbonyl (C=O) groups is 1. The lowest BCUT2D eigenvalue weighted by atomic mass is 9.85. The highest BCUT2D eigenvalue weighted by atomic mass is 32.2. The summed E-state index contributed by atoms with van der Waals surface area (Å²) in [6.45, 7) is 1.52. The predicted octanol–water partition coefficient (Wildman–Crippen LogP) is 1.18. The van der Waals surface area contributed by atoms with Gasteiger partial charge in [-0.15, -0.1) is 0 Å². The fourth-order valence-corrected chi connectivity index (χ4v) is 4.44. The van der Waals surface area contributed by atoms with Crippen LogP contribution in [0.25, 0.3) is 0 Å². The molecule has 1 saturated heterocycles. The zero-order chi connectivity index (χ0) is 19.2. The van der Waals surface area contributed by atoms with Crippen molar-refractivity contribution in [3.8, 4) is 5.75 Å². The minimum Gasteiger partial charge on any atom is -0.497 e. The van der Waals surface area contributed by atoms with E-state index in [9.17, 15) is 13.2 Å². The quantitative estimate of drug-likeness (QED) is 0.728. The Hall–Kier alpha value is -1.64. The van der Waals surface area contributed by atoms with Crippen LogP contribution < -0.4 is 9.46 Å². The first kappa shape index (κ1) is 20.7. The lowest BCUT2D eigenvalue weighted by Gasteiger charge is -2.42. The molecule has 1 amide bonds. The van der Waals surface area contributed by atoms with Crippen LogP contribution >= 0.6 is 0 Å². The van der Waals surface area contributed by atoms with Crippen molar-refractivity contribution in [1.29, 1.82) is 0 Å². The van der Waals surface area contributed by atoms with E-state index in [1.807, 2.05) is 24.3 Å². The number of hydrogen-bond acceptors (Lipinski definition) is 5. The zero-order valence-corrected chi connectivity index (χ0v) is 16.5. The van der Waals surface area contributed by atoms with Crippen molar-refractivity contribution in [2.24, 2.45) is 0 Å². The number of sulfonamides is 1. The molecule has 7 nitrogen and oxygen atoms in total. The molecular formula is C18H28N2O5S. The van der Waals surface area contributed by atoms with Gasteiger partial charge in [-0.25, -0.2) is 13.1 Å². The molecule has 1 aliphatic heterocycles. The third kappa shape index (κ3) is 5.96. The number of nitrogens with zero attached hydrogens (tertiary/aromatic N) is 1. The summed E-state index contributed by atoms with van der Waals surface area (Å²) in [6.07, 6.45) is 3.22. The second kappa shape index (κ2) is 8.83. The van der Waals surface area contributed by atoms with E-state index in [0.717, 1.165) is 11.3 Å². The molecule has 1 heterocycles. The first-order valence-electron chi connectivity index (χ1n) is 8.65. The number of amides is 1. The van der Waals surface area contributed by atoms with E-state index in [1.165, 1.54) is 6.26 Å². The van der Waals surface area contributed by atoms with Crippen molar-refractivity contribution < 1.29 is 22.7 Å². The molecule has 1 aromatic carbocycles. The number of hydrogen-bond donors (Lipinski definition) is 1. The average Bonchev–Trinajstić information content (AvgIpc) is 2.59. The van der Waals surface area contributed by atoms with Gasteiger partial charge in [0.15, 0.2) is 0 Å². The third-order valence-corrected chi connectivity index (χ3v) is 5.55. The van der Waals surface area contributed by atoms with Crippen LogP contribution in [0.4, 0.5) is 0 Å². The molecule has 0 aromatic heterocycles. The molecule has 8 heteroatoms. The summed E-state index contributed by atoms with van der Waals surface area (Å²) in [7, 11) is -0.134. The van der Waals surface area contributed by atoms with Crippen LogP contribution in [-0.2, 0) is 26.0 Å². The van der Waals surface area contributed by atoms with Crippen molar-refractivity contribution in [3.05, 3.63) is 29.8 Å². The minimum absolute atomic E-state index is 0.0398. The number of rotatable bonds is 8. The van der Waals surface area contributed by atoms with Crippen LogP contribution in [0.15, 0.2) is 24.3 Å². The van der Waals surface area contributed by atoms with E-state index >= 15 is 0 Å². The lowest BCUT2D eigenvalue weighted by molar-refractivity contribution is -0.132. The monoisotopic (exact) mass is 384 g/mol. The van der Waals surface area contributed by atoms with Gasteiger partial charge < -0.3 is 14.4 Å². The molecule has 1 aliphatic rings. The highest BCUT2D eigenvalue weighted by molar-refractivity contribution is 7.88. The van der Waals surface area contributed by atoms with Gasteiger partial charge in [0.25, 0.3) is 0 Å². The summed E-state index contributed by atoms with van der Waals surface area (Å²) < 4.78 is 36.6. The zero-order valence-electron chi connectivity index (χ0n) is 15.7. The molecule has 2 rings (SSSR count). The summed E-state index contributed by atoms with van der Waals surface area (Å²) in [5.41, 5.74) is 0.357. The number of likely N-dealkylation sites (tertiary alicyclic amines) is 1. The summed E-state index contributed by atoms with van der Waals surface area (Å²) in [5, 5.41) is 0. The van der Waals surface area contributed by atoms with Crippen LogP contribution in [0.3, 0.4) is 0 Å². The molecule has 0 radical (unpaired) electrons. The van der Waals surface area contributed by atoms with Crippen molar-refractivity contribution in [2.75, 3.05) is 40.2 Å². The van der Waals surface area contributed by atoms with Crippen LogP contribution in [-0.4, -0.2) is 64.9 Å². The molecule has 0 atom stereocenters. The van der Waals surface area contributed by atoms with E-state index in [-0.39, 0.29) is 5.91 Å². The van der Waals surface area contributed by atoms with E-state index in [4.69, 9.17) is 9.47 Å². The molecule has 0 saturated carbocycles. The van der Waals surface area contributed by atoms with E-state index in [1.54, 1.807) is 19.1 Å². The van der Waals surface area contributed by atoms with Gasteiger partial charge in [-0.2, -0.15) is 0 Å². The van der Waals surface area contributed by atoms with Crippen molar-refractivity contribution >= 4 is 15.9 Å². The molecule has 146 valence electrons. The van der Waals surface area contributed by atoms with Crippen LogP contribution in [0.1, 0.15) is 24.8 Å². The fraction of sp³-hybridized carbons (Fsp3) is 0.611. The van der Waals surface area contributed by atoms with Crippen LogP contribution in [0, 0.1) is 0 Å². The van der Waals surface area contributed by atoms with E-state index < -0.39 is 15.6 Å². The Morgan fingerprint density at radius 1 is 1.27 bits per heavy atom. The smallest absolute Gasteiger partial charge is 0.226 e. The first-order valence-corrected chi connectivity index (χ1v) is 10.5. The second-order valence-corrected chi connectivity index (χ2v) is 8.55. The topological polar surface area (TPSA) is 84.9 Å². The Bertz CT molecular complexity index is 712. The van der Waals surface area contributed by atoms with Gasteiger partial charge in [0.1, 0.15) is 5.75 Å². The Morgan fingerprint density at radius 2 is 1.96 bits per heavy atom. The summed E-state index contributed by atoms with van der Waals surface area (Å²) in [4.78, 5) is 14.4. The Labute approximate surface area is 155 Å². The van der Waals surface area contributed by atoms with Crippen LogP contribution in [0.2, 0.25) is 0 Å². The largest absolute Gasteiger partial charge is 0.497 e. The molecule has 1 fully saturated rings. The normalized spacial score (nSPS) is 17.1. The highest BCUT2D eigenvalue weighted by Crippen LogP contribution is 2.27. The highest BCUT2D eigenvalue weighted by Gasteiger charge is 2.37. The standard InChI is InChI=1S/C18H28N2O5S/c1-24-12-9-18(19-26(3,22)23)7-10-20(11-8-18)17(21)14-15-5-4-6-16(13-15)25-2/h4-6,13,19H,7-12,14H2,1-3H3. The Balaban J connectivity index is 1.99. The van der Waals surface area contributed by atoms with Gasteiger partial charge in [0, 0.05) is 32.3 Å². The summed E-state index contributed by atoms with van der Waals surface area (Å²) >= 11 is 0. The Morgan fingerprint density at radius 3 is 2.54 bits per heavy atom. The van der Waals surface area contributed by atoms with Crippen LogP contribution in [0.5, 0.6) is 5.75 Å². The van der Waals surface area contributed by atoms with E-state index in [2.05, 4.69) is 4.72 Å². The van der Waals surface area contributed by atoms with Gasteiger partial charge in [0.05, 0.1) is 19.8 Å². The van der Waals surface area contributed by atoms with Gasteiger partial charge in [-0.1, -0.05) is 12.1 Å². The molecular weight excluding hydrogens is 356 g/mol. The number of ether oxygens (including phenoxy) is 2. The molecule has 0 bridgehead atoms. The third-order valence-electron chi connectivity index (χ3n) is 4.75. The SMILES string of the molecule is COCCC1(NS(C)(=O)=O)CCN(C(=O)Cc2cccc(OC)c2)CC1. The van der Waals surface area contributed by atoms with Gasteiger partial charge in [-0.05, 0) is 37.0 Å². The molecule has 0 spiro atoms. The van der Waals surface area contributed by atoms with Crippen molar-refractivity contribution in [1.82, 2.24) is 9.62 Å². The maximum absolute atomic E-state index is 12.6. The molecule has 0 aliphatic carbocycles. The fourth-order valence-electron chi connectivity index (χ4n) is 3.35. The predicted molar refractivity (Wildman–Crippen MR) is 99.7 cm³/mol. The first-order chi connectivity index (χ1) is 12.3. The minimum atomic E-state index is -3.33.